The van der Waals surface area contributed by atoms with Gasteiger partial charge in [0.1, 0.15) is 6.07 Å². The average molecular weight is 327 g/mol. The van der Waals surface area contributed by atoms with E-state index in [2.05, 4.69) is 15.9 Å². The first-order valence-corrected chi connectivity index (χ1v) is 6.44. The van der Waals surface area contributed by atoms with E-state index in [1.807, 2.05) is 18.2 Å². The van der Waals surface area contributed by atoms with Crippen LogP contribution in [0.15, 0.2) is 33.5 Å². The van der Waals surface area contributed by atoms with E-state index < -0.39 is 0 Å². The smallest absolute Gasteiger partial charge is 0.282 e. The van der Waals surface area contributed by atoms with Crippen LogP contribution >= 0.6 is 27.5 Å². The lowest BCUT2D eigenvalue weighted by molar-refractivity contribution is 0.706. The number of benzene rings is 1. The molecule has 0 fully saturated rings. The first kappa shape index (κ1) is 12.9. The molecule has 0 aliphatic heterocycles. The maximum atomic E-state index is 12.2. The van der Waals surface area contributed by atoms with Gasteiger partial charge in [0.2, 0.25) is 0 Å². The van der Waals surface area contributed by atoms with E-state index in [-0.39, 0.29) is 16.5 Å². The van der Waals surface area contributed by atoms with E-state index in [4.69, 9.17) is 16.9 Å². The Bertz CT molecular complexity index is 679. The van der Waals surface area contributed by atoms with E-state index >= 15 is 0 Å². The van der Waals surface area contributed by atoms with Crippen LogP contribution in [0, 0.1) is 11.3 Å². The van der Waals surface area contributed by atoms with Crippen LogP contribution in [0.25, 0.3) is 5.69 Å². The average Bonchev–Trinajstić information content (AvgIpc) is 2.61. The van der Waals surface area contributed by atoms with Crippen LogP contribution in [-0.4, -0.2) is 9.13 Å². The van der Waals surface area contributed by atoms with Gasteiger partial charge in [-0.3, -0.25) is 4.57 Å². The van der Waals surface area contributed by atoms with Gasteiger partial charge in [-0.05, 0) is 31.2 Å². The Morgan fingerprint density at radius 3 is 2.44 bits per heavy atom. The number of halogens is 2. The molecule has 92 valence electrons. The van der Waals surface area contributed by atoms with Crippen molar-refractivity contribution in [2.75, 3.05) is 0 Å². The fourth-order valence-electron chi connectivity index (χ4n) is 1.73. The minimum Gasteiger partial charge on any atom is -0.282 e. The molecule has 6 heteroatoms. The lowest BCUT2D eigenvalue weighted by atomic mass is 10.3. The molecule has 1 heterocycles. The summed E-state index contributed by atoms with van der Waals surface area (Å²) < 4.78 is 3.59. The molecule has 1 aromatic carbocycles. The predicted octanol–water partition coefficient (Wildman–Crippen LogP) is 2.95. The summed E-state index contributed by atoms with van der Waals surface area (Å²) in [5.74, 6) is 0. The highest BCUT2D eigenvalue weighted by atomic mass is 79.9. The third kappa shape index (κ3) is 1.98. The number of nitrogens with zero attached hydrogens (tertiary/aromatic N) is 3. The van der Waals surface area contributed by atoms with Gasteiger partial charge in [-0.25, -0.2) is 9.36 Å². The summed E-state index contributed by atoms with van der Waals surface area (Å²) in [4.78, 5) is 12.2. The zero-order valence-corrected chi connectivity index (χ0v) is 11.9. The lowest BCUT2D eigenvalue weighted by Crippen LogP contribution is -2.23. The zero-order valence-electron chi connectivity index (χ0n) is 9.52. The van der Waals surface area contributed by atoms with E-state index in [9.17, 15) is 4.79 Å². The quantitative estimate of drug-likeness (QED) is 0.852. The minimum absolute atomic E-state index is 0.145. The van der Waals surface area contributed by atoms with Crippen molar-refractivity contribution < 1.29 is 0 Å². The molecule has 0 saturated heterocycles. The van der Waals surface area contributed by atoms with E-state index in [0.717, 1.165) is 4.47 Å². The van der Waals surface area contributed by atoms with Crippen molar-refractivity contribution in [3.05, 3.63) is 50.1 Å². The number of aromatic nitrogens is 2. The molecule has 0 aliphatic carbocycles. The van der Waals surface area contributed by atoms with Crippen LogP contribution in [0.4, 0.5) is 0 Å². The number of hydrogen-bond acceptors (Lipinski definition) is 2. The van der Waals surface area contributed by atoms with Crippen LogP contribution in [0.1, 0.15) is 12.6 Å². The summed E-state index contributed by atoms with van der Waals surface area (Å²) in [5, 5.41) is 9.19. The Balaban J connectivity index is 2.73. The molecule has 0 aliphatic rings. The predicted molar refractivity (Wildman–Crippen MR) is 73.1 cm³/mol. The van der Waals surface area contributed by atoms with E-state index in [1.165, 1.54) is 9.13 Å². The topological polar surface area (TPSA) is 50.7 Å². The van der Waals surface area contributed by atoms with Crippen molar-refractivity contribution >= 4 is 27.5 Å². The number of rotatable bonds is 2. The molecule has 0 saturated carbocycles. The van der Waals surface area contributed by atoms with Gasteiger partial charge >= 0.3 is 5.69 Å². The summed E-state index contributed by atoms with van der Waals surface area (Å²) in [6, 6.07) is 9.11. The van der Waals surface area contributed by atoms with Crippen molar-refractivity contribution in [2.45, 2.75) is 13.5 Å². The maximum absolute atomic E-state index is 12.2. The summed E-state index contributed by atoms with van der Waals surface area (Å²) in [6.07, 6.45) is 0. The van der Waals surface area contributed by atoms with E-state index in [0.29, 0.717) is 12.2 Å². The second-order valence-electron chi connectivity index (χ2n) is 3.59. The molecule has 0 amide bonds. The molecular weight excluding hydrogens is 318 g/mol. The van der Waals surface area contributed by atoms with Crippen LogP contribution in [0.5, 0.6) is 0 Å². The van der Waals surface area contributed by atoms with Crippen LogP contribution in [0.3, 0.4) is 0 Å². The van der Waals surface area contributed by atoms with Crippen molar-refractivity contribution in [3.8, 4) is 11.8 Å². The largest absolute Gasteiger partial charge is 0.334 e. The first-order valence-electron chi connectivity index (χ1n) is 5.27. The molecule has 2 rings (SSSR count). The van der Waals surface area contributed by atoms with Gasteiger partial charge in [0.05, 0.1) is 5.69 Å². The molecule has 2 aromatic rings. The number of nitriles is 1. The highest BCUT2D eigenvalue weighted by Crippen LogP contribution is 2.20. The van der Waals surface area contributed by atoms with Gasteiger partial charge in [0.25, 0.3) is 0 Å². The third-order valence-corrected chi connectivity index (χ3v) is 3.47. The molecule has 0 radical (unpaired) electrons. The molecule has 0 bridgehead atoms. The Morgan fingerprint density at radius 1 is 1.39 bits per heavy atom. The second kappa shape index (κ2) is 5.01. The second-order valence-corrected chi connectivity index (χ2v) is 4.86. The fourth-order valence-corrected chi connectivity index (χ4v) is 2.31. The molecule has 0 N–H and O–H groups in total. The molecule has 4 nitrogen and oxygen atoms in total. The van der Waals surface area contributed by atoms with E-state index in [1.54, 1.807) is 19.1 Å². The van der Waals surface area contributed by atoms with Gasteiger partial charge < -0.3 is 0 Å². The van der Waals surface area contributed by atoms with Gasteiger partial charge in [-0.1, -0.05) is 27.5 Å². The Labute approximate surface area is 117 Å². The van der Waals surface area contributed by atoms with Crippen molar-refractivity contribution in [1.29, 1.82) is 5.26 Å². The van der Waals surface area contributed by atoms with Gasteiger partial charge in [-0.2, -0.15) is 5.26 Å². The third-order valence-electron chi connectivity index (χ3n) is 2.59. The normalized spacial score (nSPS) is 10.3. The summed E-state index contributed by atoms with van der Waals surface area (Å²) in [7, 11) is 0. The van der Waals surface area contributed by atoms with Crippen LogP contribution in [-0.2, 0) is 6.54 Å². The first-order chi connectivity index (χ1) is 8.60. The zero-order chi connectivity index (χ0) is 13.3. The summed E-state index contributed by atoms with van der Waals surface area (Å²) >= 11 is 9.42. The molecular formula is C12H9BrClN3O. The van der Waals surface area contributed by atoms with Gasteiger partial charge in [0.15, 0.2) is 10.8 Å². The van der Waals surface area contributed by atoms with Crippen molar-refractivity contribution in [1.82, 2.24) is 9.13 Å². The SMILES string of the molecule is CCn1c(C#N)c(Cl)n(-c2ccc(Br)cc2)c1=O. The van der Waals surface area contributed by atoms with Crippen LogP contribution < -0.4 is 5.69 Å². The van der Waals surface area contributed by atoms with Gasteiger partial charge in [0, 0.05) is 11.0 Å². The lowest BCUT2D eigenvalue weighted by Gasteiger charge is -2.02. The minimum atomic E-state index is -0.304. The Morgan fingerprint density at radius 2 is 2.00 bits per heavy atom. The maximum Gasteiger partial charge on any atom is 0.334 e. The molecule has 1 aromatic heterocycles. The Hall–Kier alpha value is -1.51. The molecule has 18 heavy (non-hydrogen) atoms. The molecule has 0 unspecified atom stereocenters. The highest BCUT2D eigenvalue weighted by Gasteiger charge is 2.18. The summed E-state index contributed by atoms with van der Waals surface area (Å²) in [5.41, 5.74) is 0.519. The fraction of sp³-hybridized carbons (Fsp3) is 0.167. The monoisotopic (exact) mass is 325 g/mol. The molecule has 0 spiro atoms. The van der Waals surface area contributed by atoms with Crippen molar-refractivity contribution in [2.24, 2.45) is 0 Å². The van der Waals surface area contributed by atoms with Gasteiger partial charge in [-0.15, -0.1) is 0 Å². The highest BCUT2D eigenvalue weighted by molar-refractivity contribution is 9.10. The summed E-state index contributed by atoms with van der Waals surface area (Å²) in [6.45, 7) is 2.20. The standard InChI is InChI=1S/C12H9BrClN3O/c1-2-16-10(7-15)11(14)17(12(16)18)9-5-3-8(13)4-6-9/h3-6H,2H2,1H3. The Kier molecular flexibility index (Phi) is 3.60. The van der Waals surface area contributed by atoms with Crippen LogP contribution in [0.2, 0.25) is 5.15 Å². The number of imidazole rings is 1. The van der Waals surface area contributed by atoms with Crippen molar-refractivity contribution in [3.63, 3.8) is 0 Å². The molecule has 0 atom stereocenters. The number of hydrogen-bond donors (Lipinski definition) is 0.